The number of fused-ring (bicyclic) bond motifs is 1. The third-order valence-electron chi connectivity index (χ3n) is 3.14. The molecule has 0 saturated carbocycles. The van der Waals surface area contributed by atoms with Crippen LogP contribution in [0, 0.1) is 0 Å². The van der Waals surface area contributed by atoms with Crippen LogP contribution in [-0.4, -0.2) is 11.6 Å². The van der Waals surface area contributed by atoms with E-state index in [4.69, 9.17) is 21.3 Å². The lowest BCUT2D eigenvalue weighted by atomic mass is 10.0. The molecule has 2 nitrogen and oxygen atoms in total. The molecule has 0 saturated heterocycles. The normalized spacial score (nSPS) is 17.5. The lowest BCUT2D eigenvalue weighted by Gasteiger charge is -2.28. The Morgan fingerprint density at radius 2 is 2.00 bits per heavy atom. The number of rotatable bonds is 1. The van der Waals surface area contributed by atoms with Crippen LogP contribution < -0.4 is 0 Å². The third-order valence-corrected chi connectivity index (χ3v) is 4.84. The summed E-state index contributed by atoms with van der Waals surface area (Å²) in [4.78, 5) is 5.99. The van der Waals surface area contributed by atoms with Gasteiger partial charge in [0.15, 0.2) is 0 Å². The van der Waals surface area contributed by atoms with Crippen LogP contribution in [0.15, 0.2) is 24.3 Å². The van der Waals surface area contributed by atoms with Crippen molar-refractivity contribution < 1.29 is 4.74 Å². The maximum absolute atomic E-state index is 5.91. The fraction of sp³-hybridized carbons (Fsp3) is 0.357. The Labute approximate surface area is 116 Å². The van der Waals surface area contributed by atoms with E-state index in [0.717, 1.165) is 28.6 Å². The Balaban J connectivity index is 2.05. The maximum atomic E-state index is 5.91. The Bertz CT molecular complexity index is 574. The summed E-state index contributed by atoms with van der Waals surface area (Å²) in [5.74, 6) is 0. The van der Waals surface area contributed by atoms with Gasteiger partial charge in [-0.15, -0.1) is 11.3 Å². The van der Waals surface area contributed by atoms with Crippen LogP contribution in [0.3, 0.4) is 0 Å². The number of ether oxygens (including phenoxy) is 1. The van der Waals surface area contributed by atoms with Crippen LogP contribution in [-0.2, 0) is 16.8 Å². The Hall–Kier alpha value is -0.900. The van der Waals surface area contributed by atoms with E-state index in [1.54, 1.807) is 11.3 Å². The quantitative estimate of drug-likeness (QED) is 0.778. The van der Waals surface area contributed by atoms with Gasteiger partial charge < -0.3 is 4.74 Å². The van der Waals surface area contributed by atoms with Crippen molar-refractivity contribution in [3.05, 3.63) is 39.9 Å². The number of nitrogens with zero attached hydrogens (tertiary/aromatic N) is 1. The zero-order valence-corrected chi connectivity index (χ0v) is 11.9. The van der Waals surface area contributed by atoms with E-state index in [0.29, 0.717) is 0 Å². The highest BCUT2D eigenvalue weighted by molar-refractivity contribution is 7.15. The van der Waals surface area contributed by atoms with E-state index >= 15 is 0 Å². The number of hydrogen-bond acceptors (Lipinski definition) is 3. The number of halogens is 1. The van der Waals surface area contributed by atoms with Crippen molar-refractivity contribution in [3.8, 4) is 10.6 Å². The van der Waals surface area contributed by atoms with Crippen LogP contribution >= 0.6 is 22.9 Å². The number of thiazole rings is 1. The molecule has 0 unspecified atom stereocenters. The molecular formula is C14H14ClNOS. The molecule has 0 atom stereocenters. The predicted molar refractivity (Wildman–Crippen MR) is 75.2 cm³/mol. The fourth-order valence-corrected chi connectivity index (χ4v) is 3.48. The van der Waals surface area contributed by atoms with Crippen molar-refractivity contribution in [3.63, 3.8) is 0 Å². The molecule has 2 heterocycles. The summed E-state index contributed by atoms with van der Waals surface area (Å²) in [6.45, 7) is 4.97. The zero-order chi connectivity index (χ0) is 12.8. The molecule has 1 aromatic carbocycles. The molecule has 0 radical (unpaired) electrons. The zero-order valence-electron chi connectivity index (χ0n) is 10.4. The van der Waals surface area contributed by atoms with Crippen molar-refractivity contribution in [1.82, 2.24) is 4.98 Å². The molecule has 18 heavy (non-hydrogen) atoms. The van der Waals surface area contributed by atoms with E-state index in [2.05, 4.69) is 13.8 Å². The first-order chi connectivity index (χ1) is 8.56. The molecule has 3 rings (SSSR count). The van der Waals surface area contributed by atoms with Crippen LogP contribution in [0.5, 0.6) is 0 Å². The fourth-order valence-electron chi connectivity index (χ4n) is 2.18. The number of hydrogen-bond donors (Lipinski definition) is 0. The highest BCUT2D eigenvalue weighted by Crippen LogP contribution is 2.39. The van der Waals surface area contributed by atoms with Crippen molar-refractivity contribution in [2.24, 2.45) is 0 Å². The van der Waals surface area contributed by atoms with Gasteiger partial charge in [-0.1, -0.05) is 23.7 Å². The first kappa shape index (κ1) is 12.2. The molecule has 0 bridgehead atoms. The van der Waals surface area contributed by atoms with E-state index in [-0.39, 0.29) is 5.60 Å². The standard InChI is InChI=1S/C14H14ClNOS/c1-14(2)12-11(7-8-17-14)16-13(18-12)9-3-5-10(15)6-4-9/h3-6H,7-8H2,1-2H3. The second kappa shape index (κ2) is 4.34. The second-order valence-corrected chi connectivity index (χ2v) is 6.35. The summed E-state index contributed by atoms with van der Waals surface area (Å²) >= 11 is 7.63. The van der Waals surface area contributed by atoms with Gasteiger partial charge in [0.05, 0.1) is 22.8 Å². The first-order valence-corrected chi connectivity index (χ1v) is 7.16. The van der Waals surface area contributed by atoms with Crippen LogP contribution in [0.4, 0.5) is 0 Å². The number of benzene rings is 1. The summed E-state index contributed by atoms with van der Waals surface area (Å²) in [7, 11) is 0. The van der Waals surface area contributed by atoms with Crippen molar-refractivity contribution in [1.29, 1.82) is 0 Å². The summed E-state index contributed by atoms with van der Waals surface area (Å²) in [6, 6.07) is 7.83. The minimum Gasteiger partial charge on any atom is -0.370 e. The molecular weight excluding hydrogens is 266 g/mol. The summed E-state index contributed by atoms with van der Waals surface area (Å²) in [5, 5.41) is 1.80. The van der Waals surface area contributed by atoms with E-state index in [1.165, 1.54) is 10.6 Å². The van der Waals surface area contributed by atoms with Crippen LogP contribution in [0.2, 0.25) is 5.02 Å². The third kappa shape index (κ3) is 2.07. The smallest absolute Gasteiger partial charge is 0.123 e. The maximum Gasteiger partial charge on any atom is 0.123 e. The van der Waals surface area contributed by atoms with Gasteiger partial charge in [-0.25, -0.2) is 4.98 Å². The lowest BCUT2D eigenvalue weighted by molar-refractivity contribution is -0.0290. The monoisotopic (exact) mass is 279 g/mol. The average molecular weight is 280 g/mol. The molecule has 1 aliphatic heterocycles. The molecule has 0 amide bonds. The van der Waals surface area contributed by atoms with Gasteiger partial charge in [-0.2, -0.15) is 0 Å². The second-order valence-electron chi connectivity index (χ2n) is 4.91. The van der Waals surface area contributed by atoms with Crippen LogP contribution in [0.1, 0.15) is 24.4 Å². The molecule has 2 aromatic rings. The minimum absolute atomic E-state index is 0.212. The molecule has 1 aliphatic rings. The number of aromatic nitrogens is 1. The summed E-state index contributed by atoms with van der Waals surface area (Å²) < 4.78 is 5.81. The Morgan fingerprint density at radius 1 is 1.28 bits per heavy atom. The topological polar surface area (TPSA) is 22.1 Å². The van der Waals surface area contributed by atoms with Crippen LogP contribution in [0.25, 0.3) is 10.6 Å². The van der Waals surface area contributed by atoms with Crippen molar-refractivity contribution in [2.45, 2.75) is 25.9 Å². The van der Waals surface area contributed by atoms with E-state index in [1.807, 2.05) is 24.3 Å². The van der Waals surface area contributed by atoms with E-state index in [9.17, 15) is 0 Å². The molecule has 1 aromatic heterocycles. The summed E-state index contributed by atoms with van der Waals surface area (Å²) in [6.07, 6.45) is 0.906. The molecule has 0 spiro atoms. The molecule has 94 valence electrons. The SMILES string of the molecule is CC1(C)OCCc2nc(-c3ccc(Cl)cc3)sc21. The largest absolute Gasteiger partial charge is 0.370 e. The van der Waals surface area contributed by atoms with Gasteiger partial charge in [0.25, 0.3) is 0 Å². The van der Waals surface area contributed by atoms with Gasteiger partial charge >= 0.3 is 0 Å². The Morgan fingerprint density at radius 3 is 2.67 bits per heavy atom. The van der Waals surface area contributed by atoms with Gasteiger partial charge in [0, 0.05) is 17.0 Å². The Kier molecular flexibility index (Phi) is 2.93. The van der Waals surface area contributed by atoms with Gasteiger partial charge in [0.1, 0.15) is 5.01 Å². The molecule has 0 aliphatic carbocycles. The lowest BCUT2D eigenvalue weighted by Crippen LogP contribution is -2.27. The molecule has 4 heteroatoms. The highest BCUT2D eigenvalue weighted by atomic mass is 35.5. The predicted octanol–water partition coefficient (Wildman–Crippen LogP) is 4.27. The molecule has 0 fully saturated rings. The van der Waals surface area contributed by atoms with Gasteiger partial charge in [0.2, 0.25) is 0 Å². The van der Waals surface area contributed by atoms with Gasteiger partial charge in [-0.3, -0.25) is 0 Å². The van der Waals surface area contributed by atoms with Gasteiger partial charge in [-0.05, 0) is 26.0 Å². The minimum atomic E-state index is -0.212. The average Bonchev–Trinajstić information content (AvgIpc) is 2.75. The van der Waals surface area contributed by atoms with Crippen molar-refractivity contribution in [2.75, 3.05) is 6.61 Å². The van der Waals surface area contributed by atoms with E-state index < -0.39 is 0 Å². The highest BCUT2D eigenvalue weighted by Gasteiger charge is 2.32. The first-order valence-electron chi connectivity index (χ1n) is 5.96. The molecule has 0 N–H and O–H groups in total. The van der Waals surface area contributed by atoms with Crippen molar-refractivity contribution >= 4 is 22.9 Å². The summed E-state index contributed by atoms with van der Waals surface area (Å²) in [5.41, 5.74) is 2.09.